The Hall–Kier alpha value is -2.83. The van der Waals surface area contributed by atoms with Crippen LogP contribution >= 0.6 is 0 Å². The van der Waals surface area contributed by atoms with Gasteiger partial charge in [0.15, 0.2) is 5.78 Å². The monoisotopic (exact) mass is 324 g/mol. The Morgan fingerprint density at radius 1 is 0.958 bits per heavy atom. The highest BCUT2D eigenvalue weighted by Gasteiger charge is 2.39. The molecule has 0 N–H and O–H groups in total. The molecule has 0 fully saturated rings. The molecule has 3 rings (SSSR count). The van der Waals surface area contributed by atoms with E-state index in [2.05, 4.69) is 20.2 Å². The Balaban J connectivity index is 2.16. The van der Waals surface area contributed by atoms with Crippen LogP contribution in [0, 0.1) is 5.41 Å². The van der Waals surface area contributed by atoms with E-state index in [0.29, 0.717) is 0 Å². The molecular formula is C17H20N6O. The maximum Gasteiger partial charge on any atom is 0.165 e. The molecule has 0 aliphatic rings. The van der Waals surface area contributed by atoms with Gasteiger partial charge in [-0.1, -0.05) is 51.1 Å². The van der Waals surface area contributed by atoms with Gasteiger partial charge in [0, 0.05) is 5.41 Å². The van der Waals surface area contributed by atoms with Crippen LogP contribution in [0.4, 0.5) is 0 Å². The zero-order chi connectivity index (χ0) is 17.2. The van der Waals surface area contributed by atoms with Gasteiger partial charge in [0.1, 0.15) is 37.4 Å². The standard InChI is InChI=1S/C17H20N6O/c1-17(2,3)16(24)15(23-12-19-10-21-23)14(22-11-18-9-20-22)13-7-5-4-6-8-13/h4-12,14-15H,1-3H3. The maximum atomic E-state index is 13.2. The fraction of sp³-hybridized carbons (Fsp3) is 0.353. The van der Waals surface area contributed by atoms with Gasteiger partial charge in [-0.2, -0.15) is 10.2 Å². The first-order valence-corrected chi connectivity index (χ1v) is 7.76. The summed E-state index contributed by atoms with van der Waals surface area (Å²) in [5.41, 5.74) is 0.422. The molecule has 0 amide bonds. The first-order chi connectivity index (χ1) is 11.5. The van der Waals surface area contributed by atoms with Crippen LogP contribution in [-0.4, -0.2) is 35.3 Å². The van der Waals surface area contributed by atoms with Crippen LogP contribution < -0.4 is 0 Å². The number of hydrogen-bond donors (Lipinski definition) is 0. The van der Waals surface area contributed by atoms with Gasteiger partial charge in [-0.05, 0) is 5.56 Å². The van der Waals surface area contributed by atoms with Crippen molar-refractivity contribution in [1.82, 2.24) is 29.5 Å². The summed E-state index contributed by atoms with van der Waals surface area (Å²) in [6.45, 7) is 5.72. The average Bonchev–Trinajstić information content (AvgIpc) is 3.25. The van der Waals surface area contributed by atoms with Crippen LogP contribution in [0.1, 0.15) is 38.4 Å². The quantitative estimate of drug-likeness (QED) is 0.719. The third-order valence-electron chi connectivity index (χ3n) is 3.89. The zero-order valence-corrected chi connectivity index (χ0v) is 13.9. The Kier molecular flexibility index (Phi) is 4.24. The molecule has 0 saturated heterocycles. The summed E-state index contributed by atoms with van der Waals surface area (Å²) in [7, 11) is 0. The highest BCUT2D eigenvalue weighted by molar-refractivity contribution is 5.88. The van der Waals surface area contributed by atoms with Crippen LogP contribution in [-0.2, 0) is 4.79 Å². The van der Waals surface area contributed by atoms with Gasteiger partial charge < -0.3 is 0 Å². The molecule has 24 heavy (non-hydrogen) atoms. The molecule has 0 aliphatic carbocycles. The lowest BCUT2D eigenvalue weighted by Crippen LogP contribution is -2.37. The van der Waals surface area contributed by atoms with Gasteiger partial charge in [-0.25, -0.2) is 19.3 Å². The van der Waals surface area contributed by atoms with Crippen molar-refractivity contribution < 1.29 is 4.79 Å². The number of nitrogens with zero attached hydrogens (tertiary/aromatic N) is 6. The molecule has 124 valence electrons. The fourth-order valence-electron chi connectivity index (χ4n) is 2.70. The second kappa shape index (κ2) is 6.35. The lowest BCUT2D eigenvalue weighted by molar-refractivity contribution is -0.131. The first kappa shape index (κ1) is 16.0. The summed E-state index contributed by atoms with van der Waals surface area (Å²) in [4.78, 5) is 21.3. The smallest absolute Gasteiger partial charge is 0.165 e. The largest absolute Gasteiger partial charge is 0.297 e. The van der Waals surface area contributed by atoms with Crippen molar-refractivity contribution in [3.63, 3.8) is 0 Å². The molecule has 2 unspecified atom stereocenters. The fourth-order valence-corrected chi connectivity index (χ4v) is 2.70. The molecule has 0 spiro atoms. The Morgan fingerprint density at radius 3 is 2.04 bits per heavy atom. The lowest BCUT2D eigenvalue weighted by atomic mass is 9.82. The summed E-state index contributed by atoms with van der Waals surface area (Å²) >= 11 is 0. The third-order valence-corrected chi connectivity index (χ3v) is 3.89. The molecule has 0 aliphatic heterocycles. The first-order valence-electron chi connectivity index (χ1n) is 7.76. The van der Waals surface area contributed by atoms with Crippen LogP contribution in [0.2, 0.25) is 0 Å². The highest BCUT2D eigenvalue weighted by Crippen LogP contribution is 2.35. The number of hydrogen-bond acceptors (Lipinski definition) is 5. The van der Waals surface area contributed by atoms with Crippen molar-refractivity contribution in [2.45, 2.75) is 32.9 Å². The summed E-state index contributed by atoms with van der Waals surface area (Å²) in [5, 5.41) is 8.51. The van der Waals surface area contributed by atoms with Crippen molar-refractivity contribution in [2.75, 3.05) is 0 Å². The number of carbonyl (C=O) groups is 1. The number of aromatic nitrogens is 6. The minimum absolute atomic E-state index is 0.0531. The van der Waals surface area contributed by atoms with Gasteiger partial charge in [0.05, 0.1) is 0 Å². The molecule has 0 saturated carbocycles. The van der Waals surface area contributed by atoms with Gasteiger partial charge in [0.25, 0.3) is 0 Å². The SMILES string of the molecule is CC(C)(C)C(=O)C(C(c1ccccc1)n1cncn1)n1cncn1. The van der Waals surface area contributed by atoms with E-state index in [0.717, 1.165) is 5.56 Å². The van der Waals surface area contributed by atoms with Crippen LogP contribution in [0.3, 0.4) is 0 Å². The van der Waals surface area contributed by atoms with Crippen molar-refractivity contribution >= 4 is 5.78 Å². The van der Waals surface area contributed by atoms with Crippen molar-refractivity contribution in [2.24, 2.45) is 5.41 Å². The molecule has 2 atom stereocenters. The Labute approximate surface area is 140 Å². The molecule has 1 aromatic carbocycles. The topological polar surface area (TPSA) is 78.5 Å². The maximum absolute atomic E-state index is 13.2. The summed E-state index contributed by atoms with van der Waals surface area (Å²) in [6, 6.07) is 8.85. The minimum atomic E-state index is -0.573. The number of benzene rings is 1. The van der Waals surface area contributed by atoms with Crippen LogP contribution in [0.5, 0.6) is 0 Å². The van der Waals surface area contributed by atoms with Crippen molar-refractivity contribution in [3.8, 4) is 0 Å². The van der Waals surface area contributed by atoms with Crippen LogP contribution in [0.15, 0.2) is 55.6 Å². The molecule has 2 heterocycles. The highest BCUT2D eigenvalue weighted by atomic mass is 16.1. The van der Waals surface area contributed by atoms with Gasteiger partial charge in [-0.3, -0.25) is 4.79 Å². The lowest BCUT2D eigenvalue weighted by Gasteiger charge is -2.31. The molecule has 3 aromatic rings. The molecule has 7 heteroatoms. The Bertz CT molecular complexity index is 774. The third kappa shape index (κ3) is 3.10. The van der Waals surface area contributed by atoms with E-state index < -0.39 is 11.5 Å². The van der Waals surface area contributed by atoms with Gasteiger partial charge in [0.2, 0.25) is 0 Å². The van der Waals surface area contributed by atoms with Crippen molar-refractivity contribution in [3.05, 3.63) is 61.2 Å². The average molecular weight is 324 g/mol. The van der Waals surface area contributed by atoms with Crippen LogP contribution in [0.25, 0.3) is 0 Å². The second-order valence-electron chi connectivity index (χ2n) is 6.67. The van der Waals surface area contributed by atoms with Gasteiger partial charge in [-0.15, -0.1) is 0 Å². The predicted molar refractivity (Wildman–Crippen MR) is 88.1 cm³/mol. The zero-order valence-electron chi connectivity index (χ0n) is 13.9. The molecule has 2 aromatic heterocycles. The molecular weight excluding hydrogens is 304 g/mol. The molecule has 0 radical (unpaired) electrons. The number of rotatable bonds is 5. The van der Waals surface area contributed by atoms with E-state index in [4.69, 9.17) is 0 Å². The Morgan fingerprint density at radius 2 is 1.54 bits per heavy atom. The molecule has 7 nitrogen and oxygen atoms in total. The van der Waals surface area contributed by atoms with E-state index in [1.165, 1.54) is 12.7 Å². The van der Waals surface area contributed by atoms with E-state index in [1.807, 2.05) is 51.1 Å². The normalized spacial score (nSPS) is 14.3. The second-order valence-corrected chi connectivity index (χ2v) is 6.67. The summed E-state index contributed by atoms with van der Waals surface area (Å²) in [5.74, 6) is 0.0531. The van der Waals surface area contributed by atoms with E-state index in [1.54, 1.807) is 22.0 Å². The van der Waals surface area contributed by atoms with Crippen molar-refractivity contribution in [1.29, 1.82) is 0 Å². The van der Waals surface area contributed by atoms with E-state index >= 15 is 0 Å². The van der Waals surface area contributed by atoms with E-state index in [-0.39, 0.29) is 11.8 Å². The number of carbonyl (C=O) groups excluding carboxylic acids is 1. The number of Topliss-reactive ketones (excluding diaryl/α,β-unsaturated/α-hetero) is 1. The minimum Gasteiger partial charge on any atom is -0.297 e. The predicted octanol–water partition coefficient (Wildman–Crippen LogP) is 2.32. The number of ketones is 1. The summed E-state index contributed by atoms with van der Waals surface area (Å²) in [6.07, 6.45) is 6.10. The van der Waals surface area contributed by atoms with E-state index in [9.17, 15) is 4.79 Å². The van der Waals surface area contributed by atoms with Gasteiger partial charge >= 0.3 is 0 Å². The summed E-state index contributed by atoms with van der Waals surface area (Å²) < 4.78 is 3.30. The molecule has 0 bridgehead atoms.